The molecule has 0 bridgehead atoms. The van der Waals surface area contributed by atoms with Crippen LogP contribution in [0.25, 0.3) is 0 Å². The van der Waals surface area contributed by atoms with Crippen LogP contribution >= 0.6 is 0 Å². The van der Waals surface area contributed by atoms with Gasteiger partial charge in [-0.05, 0) is 50.0 Å². The van der Waals surface area contributed by atoms with Crippen LogP contribution in [0.5, 0.6) is 0 Å². The van der Waals surface area contributed by atoms with Crippen LogP contribution in [0.15, 0.2) is 0 Å². The molecule has 0 aromatic heterocycles. The molecule has 116 valence electrons. The second-order valence-electron chi connectivity index (χ2n) is 8.10. The van der Waals surface area contributed by atoms with E-state index in [-0.39, 0.29) is 0 Å². The van der Waals surface area contributed by atoms with Crippen LogP contribution in [0.1, 0.15) is 39.5 Å². The van der Waals surface area contributed by atoms with Gasteiger partial charge in [0.25, 0.3) is 0 Å². The zero-order chi connectivity index (χ0) is 14.2. The molecule has 0 aromatic rings. The lowest BCUT2D eigenvalue weighted by Gasteiger charge is -2.38. The van der Waals surface area contributed by atoms with E-state index < -0.39 is 0 Å². The lowest BCUT2D eigenvalue weighted by molar-refractivity contribution is 0.106. The van der Waals surface area contributed by atoms with Gasteiger partial charge in [0.05, 0.1) is 0 Å². The molecule has 2 atom stereocenters. The van der Waals surface area contributed by atoms with Crippen molar-refractivity contribution in [2.45, 2.75) is 45.6 Å². The number of piperazine rings is 1. The van der Waals surface area contributed by atoms with Gasteiger partial charge in [-0.15, -0.1) is 0 Å². The Hall–Kier alpha value is -0.120. The summed E-state index contributed by atoms with van der Waals surface area (Å²) in [4.78, 5) is 5.42. The Bertz CT molecular complexity index is 316. The number of nitrogens with one attached hydrogen (secondary N) is 1. The molecule has 0 amide bonds. The fraction of sp³-hybridized carbons (Fsp3) is 1.00. The quantitative estimate of drug-likeness (QED) is 0.831. The van der Waals surface area contributed by atoms with Crippen LogP contribution < -0.4 is 5.32 Å². The molecular formula is C17H33N3. The molecule has 1 saturated heterocycles. The Kier molecular flexibility index (Phi) is 4.40. The van der Waals surface area contributed by atoms with E-state index in [4.69, 9.17) is 0 Å². The van der Waals surface area contributed by atoms with E-state index in [2.05, 4.69) is 36.0 Å². The monoisotopic (exact) mass is 279 g/mol. The van der Waals surface area contributed by atoms with Crippen molar-refractivity contribution in [3.8, 4) is 0 Å². The molecule has 2 saturated carbocycles. The van der Waals surface area contributed by atoms with Gasteiger partial charge in [0, 0.05) is 45.3 Å². The minimum atomic E-state index is 0.479. The summed E-state index contributed by atoms with van der Waals surface area (Å²) in [6.45, 7) is 12.7. The van der Waals surface area contributed by atoms with Crippen LogP contribution in [0.2, 0.25) is 0 Å². The third-order valence-electron chi connectivity index (χ3n) is 5.95. The molecule has 3 heteroatoms. The molecule has 1 heterocycles. The molecule has 3 rings (SSSR count). The van der Waals surface area contributed by atoms with E-state index in [1.165, 1.54) is 65.0 Å². The van der Waals surface area contributed by atoms with Crippen molar-refractivity contribution in [1.29, 1.82) is 0 Å². The maximum absolute atomic E-state index is 3.60. The topological polar surface area (TPSA) is 18.5 Å². The summed E-state index contributed by atoms with van der Waals surface area (Å²) in [6, 6.07) is 0.701. The summed E-state index contributed by atoms with van der Waals surface area (Å²) in [7, 11) is 2.15. The summed E-state index contributed by atoms with van der Waals surface area (Å²) < 4.78 is 0. The van der Waals surface area contributed by atoms with Gasteiger partial charge in [0.1, 0.15) is 0 Å². The largest absolute Gasteiger partial charge is 0.316 e. The second kappa shape index (κ2) is 5.94. The van der Waals surface area contributed by atoms with Crippen LogP contribution in [-0.4, -0.2) is 62.2 Å². The van der Waals surface area contributed by atoms with Gasteiger partial charge in [-0.3, -0.25) is 0 Å². The lowest BCUT2D eigenvalue weighted by Crippen LogP contribution is -2.50. The average Bonchev–Trinajstić information content (AvgIpc) is 3.17. The molecule has 0 spiro atoms. The Morgan fingerprint density at radius 2 is 1.55 bits per heavy atom. The Balaban J connectivity index is 1.44. The van der Waals surface area contributed by atoms with Gasteiger partial charge in [-0.25, -0.2) is 0 Å². The highest BCUT2D eigenvalue weighted by molar-refractivity contribution is 4.97. The van der Waals surface area contributed by atoms with E-state index in [0.717, 1.165) is 11.8 Å². The first-order chi connectivity index (χ1) is 9.58. The Morgan fingerprint density at radius 3 is 2.10 bits per heavy atom. The zero-order valence-electron chi connectivity index (χ0n) is 13.7. The number of rotatable bonds is 5. The lowest BCUT2D eigenvalue weighted by atomic mass is 9.85. The molecule has 1 N–H and O–H groups in total. The highest BCUT2D eigenvalue weighted by Gasteiger charge is 2.41. The summed E-state index contributed by atoms with van der Waals surface area (Å²) in [6.07, 6.45) is 5.76. The van der Waals surface area contributed by atoms with Crippen molar-refractivity contribution in [1.82, 2.24) is 15.1 Å². The molecule has 0 aromatic carbocycles. The molecule has 3 nitrogen and oxygen atoms in total. The van der Waals surface area contributed by atoms with E-state index in [9.17, 15) is 0 Å². The molecule has 2 unspecified atom stereocenters. The third-order valence-corrected chi connectivity index (χ3v) is 5.95. The highest BCUT2D eigenvalue weighted by Crippen LogP contribution is 2.41. The maximum Gasteiger partial charge on any atom is 0.0156 e. The first-order valence-corrected chi connectivity index (χ1v) is 8.70. The van der Waals surface area contributed by atoms with Crippen molar-refractivity contribution in [2.75, 3.05) is 46.3 Å². The van der Waals surface area contributed by atoms with Crippen LogP contribution in [0.4, 0.5) is 0 Å². The zero-order valence-corrected chi connectivity index (χ0v) is 13.7. The molecule has 20 heavy (non-hydrogen) atoms. The van der Waals surface area contributed by atoms with Gasteiger partial charge >= 0.3 is 0 Å². The predicted octanol–water partition coefficient (Wildman–Crippen LogP) is 2.04. The van der Waals surface area contributed by atoms with E-state index >= 15 is 0 Å². The molecule has 3 fully saturated rings. The van der Waals surface area contributed by atoms with Gasteiger partial charge in [-0.2, -0.15) is 0 Å². The van der Waals surface area contributed by atoms with Crippen molar-refractivity contribution in [2.24, 2.45) is 17.3 Å². The van der Waals surface area contributed by atoms with E-state index in [1.807, 2.05) is 0 Å². The van der Waals surface area contributed by atoms with Crippen LogP contribution in [-0.2, 0) is 0 Å². The second-order valence-corrected chi connectivity index (χ2v) is 8.10. The van der Waals surface area contributed by atoms with Crippen molar-refractivity contribution < 1.29 is 0 Å². The molecule has 2 aliphatic carbocycles. The number of nitrogens with zero attached hydrogens (tertiary/aromatic N) is 2. The first-order valence-electron chi connectivity index (χ1n) is 8.70. The van der Waals surface area contributed by atoms with Gasteiger partial charge < -0.3 is 15.1 Å². The van der Waals surface area contributed by atoms with Crippen LogP contribution in [0, 0.1) is 17.3 Å². The molecule has 3 aliphatic rings. The Labute approximate surface area is 125 Å². The molecule has 1 aliphatic heterocycles. The van der Waals surface area contributed by atoms with Crippen molar-refractivity contribution in [3.63, 3.8) is 0 Å². The molecular weight excluding hydrogens is 246 g/mol. The van der Waals surface area contributed by atoms with E-state index in [0.29, 0.717) is 11.5 Å². The average molecular weight is 279 g/mol. The smallest absolute Gasteiger partial charge is 0.0156 e. The van der Waals surface area contributed by atoms with Gasteiger partial charge in [0.15, 0.2) is 0 Å². The summed E-state index contributed by atoms with van der Waals surface area (Å²) >= 11 is 0. The van der Waals surface area contributed by atoms with Crippen molar-refractivity contribution in [3.05, 3.63) is 0 Å². The number of hydrogen-bond donors (Lipinski definition) is 1. The van der Waals surface area contributed by atoms with E-state index in [1.54, 1.807) is 0 Å². The van der Waals surface area contributed by atoms with Crippen LogP contribution in [0.3, 0.4) is 0 Å². The number of hydrogen-bond acceptors (Lipinski definition) is 3. The van der Waals surface area contributed by atoms with Gasteiger partial charge in [0.2, 0.25) is 0 Å². The minimum Gasteiger partial charge on any atom is -0.316 e. The first kappa shape index (κ1) is 14.8. The Morgan fingerprint density at radius 1 is 0.950 bits per heavy atom. The minimum absolute atomic E-state index is 0.479. The predicted molar refractivity (Wildman–Crippen MR) is 85.0 cm³/mol. The third kappa shape index (κ3) is 3.37. The fourth-order valence-corrected chi connectivity index (χ4v) is 4.49. The molecule has 0 radical (unpaired) electrons. The normalized spacial score (nSPS) is 35.5. The summed E-state index contributed by atoms with van der Waals surface area (Å²) in [5.74, 6) is 1.90. The highest BCUT2D eigenvalue weighted by atomic mass is 15.3. The standard InChI is InChI=1S/C17H33N3/c1-17(2)7-6-15(16(17)18-3)13-20-10-8-19(9-11-20)12-14-4-5-14/h14-16,18H,4-13H2,1-3H3. The SMILES string of the molecule is CNC1C(CN2CCN(CC3CC3)CC2)CCC1(C)C. The summed E-state index contributed by atoms with van der Waals surface area (Å²) in [5, 5.41) is 3.60. The van der Waals surface area contributed by atoms with Gasteiger partial charge in [-0.1, -0.05) is 13.8 Å². The fourth-order valence-electron chi connectivity index (χ4n) is 4.49. The summed E-state index contributed by atoms with van der Waals surface area (Å²) in [5.41, 5.74) is 0.479. The van der Waals surface area contributed by atoms with Crippen molar-refractivity contribution >= 4 is 0 Å². The maximum atomic E-state index is 3.60.